The first-order valence-electron chi connectivity index (χ1n) is 3.31. The van der Waals surface area contributed by atoms with E-state index < -0.39 is 5.82 Å². The van der Waals surface area contributed by atoms with Crippen LogP contribution in [0.1, 0.15) is 0 Å². The third-order valence-corrected chi connectivity index (χ3v) is 1.54. The van der Waals surface area contributed by atoms with Crippen molar-refractivity contribution in [2.45, 2.75) is 0 Å². The van der Waals surface area contributed by atoms with Gasteiger partial charge >= 0.3 is 0 Å². The smallest absolute Gasteiger partial charge is 0.192 e. The molecular weight excluding hydrogens is 161 g/mol. The maximum absolute atomic E-state index is 13.1. The fourth-order valence-corrected chi connectivity index (χ4v) is 0.940. The zero-order valence-electron chi connectivity index (χ0n) is 6.04. The molecule has 0 aliphatic heterocycles. The second-order valence-corrected chi connectivity index (χ2v) is 2.31. The summed E-state index contributed by atoms with van der Waals surface area (Å²) in [6, 6.07) is 1.62. The number of anilines is 1. The van der Waals surface area contributed by atoms with Gasteiger partial charge in [0.05, 0.1) is 12.5 Å². The van der Waals surface area contributed by atoms with Crippen molar-refractivity contribution in [3.63, 3.8) is 0 Å². The summed E-state index contributed by atoms with van der Waals surface area (Å²) in [5.74, 6) is -0.678. The lowest BCUT2D eigenvalue weighted by Gasteiger charge is -1.88. The van der Waals surface area contributed by atoms with Gasteiger partial charge in [0.1, 0.15) is 5.69 Å². The molecule has 62 valence electrons. The van der Waals surface area contributed by atoms with Crippen LogP contribution < -0.4 is 5.73 Å². The summed E-state index contributed by atoms with van der Waals surface area (Å²) in [7, 11) is 0. The van der Waals surface area contributed by atoms with Crippen molar-refractivity contribution in [1.82, 2.24) is 10.2 Å². The number of aromatic amines is 1. The number of hydrogen-bond donors (Lipinski definition) is 2. The van der Waals surface area contributed by atoms with Gasteiger partial charge in [-0.25, -0.2) is 4.39 Å². The van der Waals surface area contributed by atoms with Crippen LogP contribution in [0.5, 0.6) is 0 Å². The fraction of sp³-hybridized carbons (Fsp3) is 0. The Morgan fingerprint density at radius 2 is 2.42 bits per heavy atom. The molecule has 12 heavy (non-hydrogen) atoms. The van der Waals surface area contributed by atoms with E-state index in [1.54, 1.807) is 6.07 Å². The summed E-state index contributed by atoms with van der Waals surface area (Å²) in [4.78, 5) is 0. The van der Waals surface area contributed by atoms with Gasteiger partial charge in [-0.15, -0.1) is 0 Å². The zero-order chi connectivity index (χ0) is 8.55. The van der Waals surface area contributed by atoms with Gasteiger partial charge in [0, 0.05) is 5.56 Å². The van der Waals surface area contributed by atoms with Gasteiger partial charge in [-0.05, 0) is 6.07 Å². The molecule has 2 heterocycles. The minimum Gasteiger partial charge on any atom is -0.472 e. The van der Waals surface area contributed by atoms with Crippen molar-refractivity contribution < 1.29 is 8.81 Å². The highest BCUT2D eigenvalue weighted by molar-refractivity contribution is 5.61. The van der Waals surface area contributed by atoms with Crippen LogP contribution >= 0.6 is 0 Å². The Balaban J connectivity index is 2.55. The molecule has 0 aromatic carbocycles. The van der Waals surface area contributed by atoms with Gasteiger partial charge < -0.3 is 10.2 Å². The van der Waals surface area contributed by atoms with E-state index in [1.165, 1.54) is 12.5 Å². The number of H-pyrrole nitrogens is 1. The third-order valence-electron chi connectivity index (χ3n) is 1.54. The molecule has 3 N–H and O–H groups in total. The summed E-state index contributed by atoms with van der Waals surface area (Å²) >= 11 is 0. The number of nitrogens with zero attached hydrogens (tertiary/aromatic N) is 1. The standard InChI is InChI=1S/C7H6FN3O/c8-5-6(10-11-7(5)9)4-1-2-12-3-4/h1-3H,(H3,9,10,11). The first-order chi connectivity index (χ1) is 5.79. The van der Waals surface area contributed by atoms with Crippen LogP contribution in [0.2, 0.25) is 0 Å². The first-order valence-corrected chi connectivity index (χ1v) is 3.31. The van der Waals surface area contributed by atoms with Crippen molar-refractivity contribution >= 4 is 5.82 Å². The second-order valence-electron chi connectivity index (χ2n) is 2.31. The van der Waals surface area contributed by atoms with E-state index in [-0.39, 0.29) is 11.5 Å². The number of rotatable bonds is 1. The van der Waals surface area contributed by atoms with Crippen LogP contribution in [0.15, 0.2) is 23.0 Å². The van der Waals surface area contributed by atoms with E-state index >= 15 is 0 Å². The Morgan fingerprint density at radius 3 is 2.92 bits per heavy atom. The van der Waals surface area contributed by atoms with Crippen molar-refractivity contribution in [1.29, 1.82) is 0 Å². The van der Waals surface area contributed by atoms with Crippen LogP contribution in [0, 0.1) is 5.82 Å². The lowest BCUT2D eigenvalue weighted by molar-refractivity contribution is 0.567. The lowest BCUT2D eigenvalue weighted by atomic mass is 10.2. The van der Waals surface area contributed by atoms with Crippen LogP contribution in [0.25, 0.3) is 11.3 Å². The van der Waals surface area contributed by atoms with Gasteiger partial charge in [-0.3, -0.25) is 5.10 Å². The van der Waals surface area contributed by atoms with Crippen LogP contribution in [0.4, 0.5) is 10.2 Å². The average Bonchev–Trinajstić information content (AvgIpc) is 2.64. The molecular formula is C7H6FN3O. The third kappa shape index (κ3) is 0.868. The minimum absolute atomic E-state index is 0.133. The SMILES string of the molecule is Nc1n[nH]c(-c2ccoc2)c1F. The molecule has 2 aromatic rings. The highest BCUT2D eigenvalue weighted by Gasteiger charge is 2.12. The summed E-state index contributed by atoms with van der Waals surface area (Å²) in [6.07, 6.45) is 2.86. The maximum Gasteiger partial charge on any atom is 0.192 e. The number of aromatic nitrogens is 2. The summed E-state index contributed by atoms with van der Waals surface area (Å²) in [5.41, 5.74) is 6.04. The second kappa shape index (κ2) is 2.37. The molecule has 0 radical (unpaired) electrons. The molecule has 0 saturated heterocycles. The van der Waals surface area contributed by atoms with Crippen LogP contribution in [-0.2, 0) is 0 Å². The van der Waals surface area contributed by atoms with Gasteiger partial charge in [0.15, 0.2) is 11.6 Å². The molecule has 0 spiro atoms. The summed E-state index contributed by atoms with van der Waals surface area (Å²) in [5, 5.41) is 5.97. The van der Waals surface area contributed by atoms with Gasteiger partial charge in [-0.2, -0.15) is 5.10 Å². The highest BCUT2D eigenvalue weighted by Crippen LogP contribution is 2.23. The Labute approximate surface area is 67.2 Å². The molecule has 0 unspecified atom stereocenters. The Hall–Kier alpha value is -1.78. The lowest BCUT2D eigenvalue weighted by Crippen LogP contribution is -1.86. The molecule has 2 rings (SSSR count). The van der Waals surface area contributed by atoms with E-state index in [0.29, 0.717) is 5.56 Å². The van der Waals surface area contributed by atoms with Crippen molar-refractivity contribution in [2.24, 2.45) is 0 Å². The van der Waals surface area contributed by atoms with Gasteiger partial charge in [0.25, 0.3) is 0 Å². The highest BCUT2D eigenvalue weighted by atomic mass is 19.1. The van der Waals surface area contributed by atoms with Crippen molar-refractivity contribution in [2.75, 3.05) is 5.73 Å². The number of nitrogens with one attached hydrogen (secondary N) is 1. The molecule has 0 fully saturated rings. The van der Waals surface area contributed by atoms with Crippen molar-refractivity contribution in [3.05, 3.63) is 24.4 Å². The Kier molecular flexibility index (Phi) is 1.36. The monoisotopic (exact) mass is 167 g/mol. The number of nitrogen functional groups attached to an aromatic ring is 1. The van der Waals surface area contributed by atoms with Crippen molar-refractivity contribution in [3.8, 4) is 11.3 Å². The normalized spacial score (nSPS) is 10.4. The molecule has 2 aromatic heterocycles. The summed E-state index contributed by atoms with van der Waals surface area (Å²) < 4.78 is 17.8. The molecule has 5 heteroatoms. The zero-order valence-corrected chi connectivity index (χ0v) is 6.04. The molecule has 0 saturated carbocycles. The molecule has 0 atom stereocenters. The molecule has 0 amide bonds. The van der Waals surface area contributed by atoms with E-state index in [0.717, 1.165) is 0 Å². The average molecular weight is 167 g/mol. The van der Waals surface area contributed by atoms with Gasteiger partial charge in [0.2, 0.25) is 0 Å². The number of hydrogen-bond acceptors (Lipinski definition) is 3. The van der Waals surface area contributed by atoms with E-state index in [1.807, 2.05) is 0 Å². The van der Waals surface area contributed by atoms with Crippen LogP contribution in [-0.4, -0.2) is 10.2 Å². The van der Waals surface area contributed by atoms with E-state index in [9.17, 15) is 4.39 Å². The Morgan fingerprint density at radius 1 is 1.58 bits per heavy atom. The van der Waals surface area contributed by atoms with E-state index in [2.05, 4.69) is 10.2 Å². The van der Waals surface area contributed by atoms with Crippen LogP contribution in [0.3, 0.4) is 0 Å². The maximum atomic E-state index is 13.1. The quantitative estimate of drug-likeness (QED) is 0.674. The topological polar surface area (TPSA) is 67.8 Å². The fourth-order valence-electron chi connectivity index (χ4n) is 0.940. The minimum atomic E-state index is -0.545. The molecule has 0 aliphatic carbocycles. The predicted octanol–water partition coefficient (Wildman–Crippen LogP) is 1.39. The van der Waals surface area contributed by atoms with E-state index in [4.69, 9.17) is 10.2 Å². The summed E-state index contributed by atoms with van der Waals surface area (Å²) in [6.45, 7) is 0. The molecule has 4 nitrogen and oxygen atoms in total. The number of nitrogens with two attached hydrogens (primary N) is 1. The number of furan rings is 1. The predicted molar refractivity (Wildman–Crippen MR) is 40.7 cm³/mol. The Bertz CT molecular complexity index is 379. The van der Waals surface area contributed by atoms with Gasteiger partial charge in [-0.1, -0.05) is 0 Å². The largest absolute Gasteiger partial charge is 0.472 e. The first kappa shape index (κ1) is 6.90. The molecule has 0 aliphatic rings. The number of halogens is 1. The molecule has 0 bridgehead atoms.